The Kier molecular flexibility index (Phi) is 4.09. The van der Waals surface area contributed by atoms with Gasteiger partial charge in [0.25, 0.3) is 11.7 Å². The monoisotopic (exact) mass is 380 g/mol. The Balaban J connectivity index is 1.22. The molecule has 4 heterocycles. The summed E-state index contributed by atoms with van der Waals surface area (Å²) in [6.45, 7) is 5.89. The van der Waals surface area contributed by atoms with Gasteiger partial charge in [0.2, 0.25) is 12.6 Å². The molecule has 9 heteroatoms. The van der Waals surface area contributed by atoms with Gasteiger partial charge in [-0.05, 0) is 30.7 Å². The number of piperazine rings is 1. The van der Waals surface area contributed by atoms with Crippen molar-refractivity contribution in [3.05, 3.63) is 47.5 Å². The fourth-order valence-corrected chi connectivity index (χ4v) is 3.55. The third kappa shape index (κ3) is 3.03. The van der Waals surface area contributed by atoms with Crippen LogP contribution in [0.2, 0.25) is 0 Å². The van der Waals surface area contributed by atoms with Crippen molar-refractivity contribution in [1.29, 1.82) is 0 Å². The van der Waals surface area contributed by atoms with E-state index in [0.29, 0.717) is 18.9 Å². The Morgan fingerprint density at radius 1 is 1.11 bits per heavy atom. The molecule has 0 aliphatic carbocycles. The number of carbonyl (C=O) groups excluding carboxylic acids is 1. The quantitative estimate of drug-likeness (QED) is 0.673. The van der Waals surface area contributed by atoms with E-state index >= 15 is 0 Å². The fraction of sp³-hybridized carbons (Fsp3) is 0.368. The molecule has 28 heavy (non-hydrogen) atoms. The molecule has 2 aliphatic rings. The predicted molar refractivity (Wildman–Crippen MR) is 99.3 cm³/mol. The van der Waals surface area contributed by atoms with Crippen LogP contribution in [-0.2, 0) is 6.54 Å². The van der Waals surface area contributed by atoms with Gasteiger partial charge in [0.05, 0.1) is 0 Å². The highest BCUT2D eigenvalue weighted by Gasteiger charge is 2.26. The molecule has 1 amide bonds. The summed E-state index contributed by atoms with van der Waals surface area (Å²) in [5.41, 5.74) is 2.07. The first kappa shape index (κ1) is 16.9. The van der Waals surface area contributed by atoms with Gasteiger partial charge in [-0.15, -0.1) is 5.10 Å². The standard InChI is InChI=1S/C19H20N6O3/c1-13-4-5-20-19-21-17(22-25(13)19)18(26)24-8-6-23(7-9-24)11-14-2-3-15-16(10-14)28-12-27-15/h2-5,10H,6-9,11-12H2,1H3. The summed E-state index contributed by atoms with van der Waals surface area (Å²) >= 11 is 0. The number of ether oxygens (including phenoxy) is 2. The van der Waals surface area contributed by atoms with E-state index < -0.39 is 0 Å². The lowest BCUT2D eigenvalue weighted by atomic mass is 10.1. The maximum Gasteiger partial charge on any atom is 0.293 e. The number of nitrogens with zero attached hydrogens (tertiary/aromatic N) is 6. The molecule has 5 rings (SSSR count). The maximum atomic E-state index is 12.8. The van der Waals surface area contributed by atoms with Crippen LogP contribution < -0.4 is 9.47 Å². The minimum atomic E-state index is -0.146. The van der Waals surface area contributed by atoms with Crippen molar-refractivity contribution in [1.82, 2.24) is 29.4 Å². The predicted octanol–water partition coefficient (Wildman–Crippen LogP) is 1.12. The molecule has 0 N–H and O–H groups in total. The second-order valence-corrected chi connectivity index (χ2v) is 6.99. The number of aromatic nitrogens is 4. The number of hydrogen-bond donors (Lipinski definition) is 0. The lowest BCUT2D eigenvalue weighted by Gasteiger charge is -2.34. The Morgan fingerprint density at radius 2 is 1.93 bits per heavy atom. The summed E-state index contributed by atoms with van der Waals surface area (Å²) in [7, 11) is 0. The van der Waals surface area contributed by atoms with Gasteiger partial charge in [-0.1, -0.05) is 6.07 Å². The second-order valence-electron chi connectivity index (χ2n) is 6.99. The van der Waals surface area contributed by atoms with E-state index in [1.807, 2.05) is 25.1 Å². The number of rotatable bonds is 3. The van der Waals surface area contributed by atoms with Gasteiger partial charge in [0.15, 0.2) is 11.5 Å². The first-order valence-electron chi connectivity index (χ1n) is 9.26. The molecule has 144 valence electrons. The van der Waals surface area contributed by atoms with Gasteiger partial charge in [-0.25, -0.2) is 9.50 Å². The van der Waals surface area contributed by atoms with Gasteiger partial charge < -0.3 is 14.4 Å². The van der Waals surface area contributed by atoms with Gasteiger partial charge in [0.1, 0.15) is 0 Å². The average Bonchev–Trinajstić information content (AvgIpc) is 3.35. The SMILES string of the molecule is Cc1ccnc2nc(C(=O)N3CCN(Cc4ccc5c(c4)OCO5)CC3)nn12. The third-order valence-electron chi connectivity index (χ3n) is 5.12. The topological polar surface area (TPSA) is 85.1 Å². The zero-order valence-electron chi connectivity index (χ0n) is 15.5. The van der Waals surface area contributed by atoms with Crippen LogP contribution in [0, 0.1) is 6.92 Å². The molecule has 0 unspecified atom stereocenters. The van der Waals surface area contributed by atoms with Crippen LogP contribution >= 0.6 is 0 Å². The van der Waals surface area contributed by atoms with Crippen LogP contribution in [-0.4, -0.2) is 68.3 Å². The van der Waals surface area contributed by atoms with Crippen LogP contribution in [0.1, 0.15) is 21.9 Å². The highest BCUT2D eigenvalue weighted by atomic mass is 16.7. The molecule has 1 aromatic carbocycles. The zero-order chi connectivity index (χ0) is 19.1. The summed E-state index contributed by atoms with van der Waals surface area (Å²) in [6.07, 6.45) is 1.67. The third-order valence-corrected chi connectivity index (χ3v) is 5.12. The fourth-order valence-electron chi connectivity index (χ4n) is 3.55. The lowest BCUT2D eigenvalue weighted by molar-refractivity contribution is 0.0616. The molecule has 0 bridgehead atoms. The Bertz CT molecular complexity index is 1040. The summed E-state index contributed by atoms with van der Waals surface area (Å²) in [5, 5.41) is 4.32. The molecule has 0 atom stereocenters. The van der Waals surface area contributed by atoms with Gasteiger partial charge in [-0.2, -0.15) is 4.98 Å². The van der Waals surface area contributed by atoms with E-state index in [0.717, 1.165) is 36.8 Å². The number of benzene rings is 1. The van der Waals surface area contributed by atoms with E-state index in [9.17, 15) is 4.79 Å². The zero-order valence-corrected chi connectivity index (χ0v) is 15.5. The summed E-state index contributed by atoms with van der Waals surface area (Å²) in [5.74, 6) is 2.10. The molecule has 3 aromatic rings. The van der Waals surface area contributed by atoms with Crippen molar-refractivity contribution < 1.29 is 14.3 Å². The van der Waals surface area contributed by atoms with Crippen LogP contribution in [0.5, 0.6) is 11.5 Å². The first-order valence-corrected chi connectivity index (χ1v) is 9.26. The van der Waals surface area contributed by atoms with Gasteiger partial charge >= 0.3 is 0 Å². The molecule has 1 saturated heterocycles. The largest absolute Gasteiger partial charge is 0.454 e. The van der Waals surface area contributed by atoms with Crippen molar-refractivity contribution in [2.24, 2.45) is 0 Å². The minimum absolute atomic E-state index is 0.146. The normalized spacial score (nSPS) is 16.7. The summed E-state index contributed by atoms with van der Waals surface area (Å²) in [4.78, 5) is 25.4. The molecule has 9 nitrogen and oxygen atoms in total. The Labute approximate surface area is 161 Å². The second kappa shape index (κ2) is 6.75. The summed E-state index contributed by atoms with van der Waals surface area (Å²) < 4.78 is 12.4. The van der Waals surface area contributed by atoms with Crippen molar-refractivity contribution in [3.8, 4) is 11.5 Å². The van der Waals surface area contributed by atoms with E-state index in [2.05, 4.69) is 26.0 Å². The number of fused-ring (bicyclic) bond motifs is 2. The van der Waals surface area contributed by atoms with Crippen molar-refractivity contribution >= 4 is 11.7 Å². The van der Waals surface area contributed by atoms with Gasteiger partial charge in [-0.3, -0.25) is 9.69 Å². The molecular weight excluding hydrogens is 360 g/mol. The van der Waals surface area contributed by atoms with Crippen LogP contribution in [0.15, 0.2) is 30.5 Å². The molecule has 2 aliphatic heterocycles. The number of aryl methyl sites for hydroxylation is 1. The van der Waals surface area contributed by atoms with Crippen LogP contribution in [0.3, 0.4) is 0 Å². The average molecular weight is 380 g/mol. The number of amides is 1. The van der Waals surface area contributed by atoms with Crippen LogP contribution in [0.4, 0.5) is 0 Å². The Hall–Kier alpha value is -3.20. The highest BCUT2D eigenvalue weighted by molar-refractivity contribution is 5.91. The molecule has 2 aromatic heterocycles. The van der Waals surface area contributed by atoms with E-state index in [1.165, 1.54) is 5.56 Å². The van der Waals surface area contributed by atoms with Crippen molar-refractivity contribution in [2.45, 2.75) is 13.5 Å². The Morgan fingerprint density at radius 3 is 2.75 bits per heavy atom. The van der Waals surface area contributed by atoms with Crippen molar-refractivity contribution in [3.63, 3.8) is 0 Å². The molecular formula is C19H20N6O3. The number of carbonyl (C=O) groups is 1. The van der Waals surface area contributed by atoms with E-state index in [-0.39, 0.29) is 18.5 Å². The molecule has 0 radical (unpaired) electrons. The van der Waals surface area contributed by atoms with Gasteiger partial charge in [0, 0.05) is 44.6 Å². The lowest BCUT2D eigenvalue weighted by Crippen LogP contribution is -2.48. The molecule has 0 saturated carbocycles. The van der Waals surface area contributed by atoms with Crippen LogP contribution in [0.25, 0.3) is 5.78 Å². The van der Waals surface area contributed by atoms with E-state index in [4.69, 9.17) is 9.47 Å². The molecule has 1 fully saturated rings. The highest BCUT2D eigenvalue weighted by Crippen LogP contribution is 2.32. The van der Waals surface area contributed by atoms with E-state index in [1.54, 1.807) is 15.6 Å². The minimum Gasteiger partial charge on any atom is -0.454 e. The smallest absolute Gasteiger partial charge is 0.293 e. The first-order chi connectivity index (χ1) is 13.7. The summed E-state index contributed by atoms with van der Waals surface area (Å²) in [6, 6.07) is 7.87. The maximum absolute atomic E-state index is 12.8. The number of hydrogen-bond acceptors (Lipinski definition) is 7. The molecule has 0 spiro atoms. The van der Waals surface area contributed by atoms with Crippen molar-refractivity contribution in [2.75, 3.05) is 33.0 Å².